The molecule has 0 aliphatic carbocycles. The molecule has 2 rings (SSSR count). The minimum absolute atomic E-state index is 0.209. The van der Waals surface area contributed by atoms with Crippen molar-refractivity contribution in [1.29, 1.82) is 0 Å². The molecule has 1 amide bonds. The number of amides is 1. The number of fused-ring (bicyclic) bond motifs is 1. The zero-order chi connectivity index (χ0) is 10.8. The second kappa shape index (κ2) is 3.88. The van der Waals surface area contributed by atoms with E-state index < -0.39 is 6.67 Å². The highest BCUT2D eigenvalue weighted by Gasteiger charge is 2.24. The lowest BCUT2D eigenvalue weighted by atomic mass is 10.0. The lowest BCUT2D eigenvalue weighted by Gasteiger charge is -2.10. The highest BCUT2D eigenvalue weighted by molar-refractivity contribution is 6.00. The molecule has 0 spiro atoms. The Kier molecular flexibility index (Phi) is 2.58. The summed E-state index contributed by atoms with van der Waals surface area (Å²) < 4.78 is 18.2. The summed E-state index contributed by atoms with van der Waals surface area (Å²) in [5.74, 6) is 0.259. The Balaban J connectivity index is 2.53. The van der Waals surface area contributed by atoms with Gasteiger partial charge in [0.05, 0.1) is 12.2 Å². The monoisotopic (exact) mass is 209 g/mol. The summed E-state index contributed by atoms with van der Waals surface area (Å²) in [6.07, 6.45) is 0. The van der Waals surface area contributed by atoms with E-state index in [-0.39, 0.29) is 5.91 Å². The Morgan fingerprint density at radius 1 is 1.53 bits per heavy atom. The maximum atomic E-state index is 12.9. The molecule has 1 aliphatic rings. The van der Waals surface area contributed by atoms with Crippen LogP contribution in [0, 0.1) is 0 Å². The van der Waals surface area contributed by atoms with Gasteiger partial charge in [-0.1, -0.05) is 6.07 Å². The van der Waals surface area contributed by atoms with E-state index in [1.165, 1.54) is 0 Å². The first-order valence-electron chi connectivity index (χ1n) is 4.89. The van der Waals surface area contributed by atoms with E-state index in [4.69, 9.17) is 4.74 Å². The van der Waals surface area contributed by atoms with Gasteiger partial charge in [-0.15, -0.1) is 0 Å². The average Bonchev–Trinajstić information content (AvgIpc) is 2.61. The van der Waals surface area contributed by atoms with Crippen molar-refractivity contribution in [3.05, 3.63) is 28.8 Å². The van der Waals surface area contributed by atoms with Gasteiger partial charge in [-0.3, -0.25) is 4.79 Å². The Labute approximate surface area is 87.2 Å². The van der Waals surface area contributed by atoms with Crippen LogP contribution in [-0.2, 0) is 13.2 Å². The molecule has 0 aromatic heterocycles. The van der Waals surface area contributed by atoms with Gasteiger partial charge >= 0.3 is 0 Å². The van der Waals surface area contributed by atoms with Crippen LogP contribution in [0.15, 0.2) is 12.1 Å². The molecule has 4 heteroatoms. The van der Waals surface area contributed by atoms with Crippen LogP contribution in [0.2, 0.25) is 0 Å². The number of alkyl halides is 1. The Morgan fingerprint density at radius 3 is 3.00 bits per heavy atom. The van der Waals surface area contributed by atoms with Gasteiger partial charge in [0.2, 0.25) is 0 Å². The van der Waals surface area contributed by atoms with Gasteiger partial charge in [0.1, 0.15) is 12.4 Å². The van der Waals surface area contributed by atoms with Crippen LogP contribution in [0.4, 0.5) is 4.39 Å². The third-order valence-corrected chi connectivity index (χ3v) is 2.46. The van der Waals surface area contributed by atoms with Crippen molar-refractivity contribution in [2.24, 2.45) is 0 Å². The van der Waals surface area contributed by atoms with E-state index in [0.29, 0.717) is 30.0 Å². The van der Waals surface area contributed by atoms with Crippen molar-refractivity contribution in [2.45, 2.75) is 20.1 Å². The number of hydrogen-bond donors (Lipinski definition) is 1. The molecule has 0 fully saturated rings. The van der Waals surface area contributed by atoms with Gasteiger partial charge in [-0.05, 0) is 18.6 Å². The van der Waals surface area contributed by atoms with E-state index in [1.807, 2.05) is 6.92 Å². The minimum Gasteiger partial charge on any atom is -0.493 e. The van der Waals surface area contributed by atoms with Crippen molar-refractivity contribution in [1.82, 2.24) is 5.32 Å². The molecule has 3 nitrogen and oxygen atoms in total. The number of ether oxygens (including phenoxy) is 1. The third-order valence-electron chi connectivity index (χ3n) is 2.46. The number of carbonyl (C=O) groups is 1. The molecule has 0 bridgehead atoms. The van der Waals surface area contributed by atoms with Gasteiger partial charge in [0.25, 0.3) is 5.91 Å². The SMILES string of the molecule is CCOc1ccc2c(c1CF)C(=O)NC2. The van der Waals surface area contributed by atoms with Crippen LogP contribution in [0.1, 0.15) is 28.4 Å². The van der Waals surface area contributed by atoms with Crippen LogP contribution < -0.4 is 10.1 Å². The lowest BCUT2D eigenvalue weighted by molar-refractivity contribution is 0.0963. The normalized spacial score (nSPS) is 13.6. The number of benzene rings is 1. The van der Waals surface area contributed by atoms with Crippen LogP contribution in [-0.4, -0.2) is 12.5 Å². The number of halogens is 1. The molecule has 1 aliphatic heterocycles. The van der Waals surface area contributed by atoms with Crippen LogP contribution in [0.5, 0.6) is 5.75 Å². The van der Waals surface area contributed by atoms with Gasteiger partial charge in [-0.25, -0.2) is 4.39 Å². The Bertz CT molecular complexity index is 404. The van der Waals surface area contributed by atoms with E-state index in [1.54, 1.807) is 12.1 Å². The highest BCUT2D eigenvalue weighted by Crippen LogP contribution is 2.29. The van der Waals surface area contributed by atoms with Crippen molar-refractivity contribution >= 4 is 5.91 Å². The molecule has 1 aromatic rings. The predicted molar refractivity (Wildman–Crippen MR) is 53.6 cm³/mol. The van der Waals surface area contributed by atoms with Crippen LogP contribution >= 0.6 is 0 Å². The minimum atomic E-state index is -0.675. The zero-order valence-corrected chi connectivity index (χ0v) is 8.47. The Hall–Kier alpha value is -1.58. The van der Waals surface area contributed by atoms with E-state index >= 15 is 0 Å². The van der Waals surface area contributed by atoms with Gasteiger partial charge in [0, 0.05) is 12.1 Å². The first kappa shape index (κ1) is 9.96. The summed E-state index contributed by atoms with van der Waals surface area (Å²) in [6.45, 7) is 2.10. The fourth-order valence-corrected chi connectivity index (χ4v) is 1.79. The summed E-state index contributed by atoms with van der Waals surface area (Å²) in [5, 5.41) is 2.67. The number of carbonyl (C=O) groups excluding carboxylic acids is 1. The standard InChI is InChI=1S/C11H12FNO2/c1-2-15-9-4-3-7-6-13-11(14)10(7)8(9)5-12/h3-4H,2,5-6H2,1H3,(H,13,14). The molecule has 0 unspecified atom stereocenters. The first-order chi connectivity index (χ1) is 7.27. The number of nitrogens with one attached hydrogen (secondary N) is 1. The summed E-state index contributed by atoms with van der Waals surface area (Å²) in [6, 6.07) is 3.52. The number of hydrogen-bond acceptors (Lipinski definition) is 2. The fraction of sp³-hybridized carbons (Fsp3) is 0.364. The summed E-state index contributed by atoms with van der Waals surface area (Å²) in [7, 11) is 0. The number of rotatable bonds is 3. The molecule has 1 heterocycles. The molecule has 1 N–H and O–H groups in total. The molecular weight excluding hydrogens is 197 g/mol. The van der Waals surface area contributed by atoms with Crippen molar-refractivity contribution in [3.63, 3.8) is 0 Å². The fourth-order valence-electron chi connectivity index (χ4n) is 1.79. The van der Waals surface area contributed by atoms with Crippen molar-refractivity contribution in [3.8, 4) is 5.75 Å². The van der Waals surface area contributed by atoms with E-state index in [9.17, 15) is 9.18 Å². The molecule has 80 valence electrons. The topological polar surface area (TPSA) is 38.3 Å². The summed E-state index contributed by atoms with van der Waals surface area (Å²) in [4.78, 5) is 11.5. The molecule has 0 saturated heterocycles. The molecule has 0 radical (unpaired) electrons. The third kappa shape index (κ3) is 1.56. The molecule has 1 aromatic carbocycles. The average molecular weight is 209 g/mol. The molecule has 15 heavy (non-hydrogen) atoms. The maximum Gasteiger partial charge on any atom is 0.252 e. The summed E-state index contributed by atoms with van der Waals surface area (Å²) in [5.41, 5.74) is 1.66. The predicted octanol–water partition coefficient (Wildman–Crippen LogP) is 1.80. The molecule has 0 saturated carbocycles. The highest BCUT2D eigenvalue weighted by atomic mass is 19.1. The van der Waals surface area contributed by atoms with Crippen molar-refractivity contribution in [2.75, 3.05) is 6.61 Å². The van der Waals surface area contributed by atoms with Crippen LogP contribution in [0.25, 0.3) is 0 Å². The Morgan fingerprint density at radius 2 is 2.33 bits per heavy atom. The second-order valence-corrected chi connectivity index (χ2v) is 3.33. The maximum absolute atomic E-state index is 12.9. The smallest absolute Gasteiger partial charge is 0.252 e. The lowest BCUT2D eigenvalue weighted by Crippen LogP contribution is -2.14. The van der Waals surface area contributed by atoms with Crippen molar-refractivity contribution < 1.29 is 13.9 Å². The largest absolute Gasteiger partial charge is 0.493 e. The van der Waals surface area contributed by atoms with Gasteiger partial charge in [-0.2, -0.15) is 0 Å². The quantitative estimate of drug-likeness (QED) is 0.824. The van der Waals surface area contributed by atoms with E-state index in [2.05, 4.69) is 5.32 Å². The van der Waals surface area contributed by atoms with E-state index in [0.717, 1.165) is 5.56 Å². The van der Waals surface area contributed by atoms with Crippen LogP contribution in [0.3, 0.4) is 0 Å². The molecule has 0 atom stereocenters. The molecular formula is C11H12FNO2. The summed E-state index contributed by atoms with van der Waals surface area (Å²) >= 11 is 0. The zero-order valence-electron chi connectivity index (χ0n) is 8.47. The second-order valence-electron chi connectivity index (χ2n) is 3.33. The van der Waals surface area contributed by atoms with Gasteiger partial charge < -0.3 is 10.1 Å². The van der Waals surface area contributed by atoms with Gasteiger partial charge in [0.15, 0.2) is 0 Å². The first-order valence-corrected chi connectivity index (χ1v) is 4.89.